The number of aromatic carboxylic acids is 2. The summed E-state index contributed by atoms with van der Waals surface area (Å²) in [6.07, 6.45) is 4.14. The van der Waals surface area contributed by atoms with Crippen molar-refractivity contribution in [2.24, 2.45) is 0 Å². The third-order valence-corrected chi connectivity index (χ3v) is 12.2. The number of carbonyl (C=O) groups is 3. The minimum atomic E-state index is -1.94. The van der Waals surface area contributed by atoms with Crippen molar-refractivity contribution in [3.63, 3.8) is 0 Å². The molecule has 8 aromatic rings. The summed E-state index contributed by atoms with van der Waals surface area (Å²) in [7, 11) is 1.57. The van der Waals surface area contributed by atoms with Gasteiger partial charge in [0.1, 0.15) is 29.4 Å². The number of aromatic nitrogens is 4. The largest absolute Gasteiger partial charge is 0.497 e. The van der Waals surface area contributed by atoms with E-state index in [0.29, 0.717) is 5.75 Å². The summed E-state index contributed by atoms with van der Waals surface area (Å²) in [6.45, 7) is -0.469. The van der Waals surface area contributed by atoms with Crippen molar-refractivity contribution >= 4 is 34.9 Å². The molecule has 0 amide bonds. The number of methoxy groups -OCH3 is 1. The molecule has 3 heterocycles. The second-order valence-corrected chi connectivity index (χ2v) is 15.7. The molecule has 0 spiro atoms. The SMILES string of the molecule is C#C[C@@]1(c2ccccc2C(=O)O)[C@@H](c2ccccc2C(=O)O)[C@H](COC(=O)c2ccccc2)O[C@H]1n1cnc2c(NC(c3ccccc3)(c3ccccc3)c3ccc(OC)cc3)nc(F)nc21. The molecule has 0 aliphatic carbocycles. The van der Waals surface area contributed by atoms with Crippen LogP contribution in [0.4, 0.5) is 10.2 Å². The van der Waals surface area contributed by atoms with Crippen LogP contribution >= 0.6 is 0 Å². The summed E-state index contributed by atoms with van der Waals surface area (Å²) in [5.41, 5.74) is -0.832. The molecular weight excluding hydrogens is 854 g/mol. The lowest BCUT2D eigenvalue weighted by Gasteiger charge is -2.37. The Balaban J connectivity index is 1.28. The van der Waals surface area contributed by atoms with E-state index in [1.54, 1.807) is 61.7 Å². The van der Waals surface area contributed by atoms with Gasteiger partial charge in [-0.15, -0.1) is 6.42 Å². The highest BCUT2D eigenvalue weighted by molar-refractivity contribution is 5.92. The molecule has 67 heavy (non-hydrogen) atoms. The minimum absolute atomic E-state index is 0.0267. The van der Waals surface area contributed by atoms with Gasteiger partial charge in [0.2, 0.25) is 0 Å². The quantitative estimate of drug-likeness (QED) is 0.0410. The molecule has 0 saturated carbocycles. The maximum Gasteiger partial charge on any atom is 0.338 e. The van der Waals surface area contributed by atoms with E-state index in [1.165, 1.54) is 35.2 Å². The Labute approximate surface area is 383 Å². The Hall–Kier alpha value is -8.67. The highest BCUT2D eigenvalue weighted by atomic mass is 19.1. The predicted molar refractivity (Wildman–Crippen MR) is 245 cm³/mol. The van der Waals surface area contributed by atoms with E-state index < -0.39 is 59.8 Å². The van der Waals surface area contributed by atoms with Crippen molar-refractivity contribution in [2.45, 2.75) is 29.2 Å². The van der Waals surface area contributed by atoms with E-state index in [1.807, 2.05) is 84.9 Å². The third-order valence-electron chi connectivity index (χ3n) is 12.2. The molecule has 13 nitrogen and oxygen atoms in total. The van der Waals surface area contributed by atoms with Crippen LogP contribution in [0.25, 0.3) is 11.2 Å². The van der Waals surface area contributed by atoms with Crippen molar-refractivity contribution < 1.29 is 43.2 Å². The number of terminal acetylenes is 1. The lowest BCUT2D eigenvalue weighted by atomic mass is 9.64. The van der Waals surface area contributed by atoms with Gasteiger partial charge >= 0.3 is 24.0 Å². The summed E-state index contributed by atoms with van der Waals surface area (Å²) >= 11 is 0. The zero-order valence-electron chi connectivity index (χ0n) is 35.7. The monoisotopic (exact) mass is 893 g/mol. The minimum Gasteiger partial charge on any atom is -0.497 e. The Morgan fingerprint density at radius 1 is 0.776 bits per heavy atom. The number of halogens is 1. The van der Waals surface area contributed by atoms with Crippen LogP contribution in [0.15, 0.2) is 170 Å². The van der Waals surface area contributed by atoms with Crippen molar-refractivity contribution in [1.29, 1.82) is 0 Å². The van der Waals surface area contributed by atoms with Crippen LogP contribution in [-0.2, 0) is 20.4 Å². The van der Waals surface area contributed by atoms with E-state index in [9.17, 15) is 24.6 Å². The first-order valence-corrected chi connectivity index (χ1v) is 21.0. The number of carbonyl (C=O) groups excluding carboxylic acids is 1. The first kappa shape index (κ1) is 43.6. The number of hydrogen-bond acceptors (Lipinski definition) is 10. The average molecular weight is 894 g/mol. The fourth-order valence-electron chi connectivity index (χ4n) is 9.27. The predicted octanol–water partition coefficient (Wildman–Crippen LogP) is 8.88. The maximum atomic E-state index is 16.4. The van der Waals surface area contributed by atoms with Crippen LogP contribution in [0.2, 0.25) is 0 Å². The van der Waals surface area contributed by atoms with E-state index >= 15 is 4.39 Å². The van der Waals surface area contributed by atoms with Crippen molar-refractivity contribution in [1.82, 2.24) is 19.5 Å². The molecule has 1 saturated heterocycles. The van der Waals surface area contributed by atoms with E-state index in [2.05, 4.69) is 21.2 Å². The lowest BCUT2D eigenvalue weighted by Crippen LogP contribution is -2.40. The number of fused-ring (bicyclic) bond motifs is 1. The smallest absolute Gasteiger partial charge is 0.338 e. The Morgan fingerprint density at radius 3 is 1.96 bits per heavy atom. The fourth-order valence-corrected chi connectivity index (χ4v) is 9.27. The molecular formula is C53H40FN5O8. The third kappa shape index (κ3) is 7.66. The molecule has 0 unspecified atom stereocenters. The molecule has 4 atom stereocenters. The first-order valence-electron chi connectivity index (χ1n) is 21.0. The van der Waals surface area contributed by atoms with Crippen molar-refractivity contribution in [3.05, 3.63) is 221 Å². The van der Waals surface area contributed by atoms with E-state index in [4.69, 9.17) is 25.6 Å². The van der Waals surface area contributed by atoms with E-state index in [-0.39, 0.29) is 44.8 Å². The van der Waals surface area contributed by atoms with Gasteiger partial charge in [-0.25, -0.2) is 19.4 Å². The number of imidazole rings is 1. The Morgan fingerprint density at radius 2 is 1.34 bits per heavy atom. The van der Waals surface area contributed by atoms with Crippen LogP contribution in [0, 0.1) is 18.4 Å². The molecule has 3 N–H and O–H groups in total. The number of hydrogen-bond donors (Lipinski definition) is 3. The highest BCUT2D eigenvalue weighted by Crippen LogP contribution is 2.58. The summed E-state index contributed by atoms with van der Waals surface area (Å²) in [6, 6.07) is 46.9. The van der Waals surface area contributed by atoms with Gasteiger partial charge in [-0.1, -0.05) is 133 Å². The number of nitrogens with one attached hydrogen (secondary N) is 1. The Bertz CT molecular complexity index is 3120. The summed E-state index contributed by atoms with van der Waals surface area (Å²) in [5.74, 6) is -1.11. The molecule has 0 bridgehead atoms. The van der Waals surface area contributed by atoms with Crippen LogP contribution in [0.1, 0.15) is 71.0 Å². The van der Waals surface area contributed by atoms with Gasteiger partial charge in [0, 0.05) is 5.92 Å². The second kappa shape index (κ2) is 18.1. The number of carboxylic acid groups (broad SMARTS) is 2. The summed E-state index contributed by atoms with van der Waals surface area (Å²) in [5, 5.41) is 24.9. The number of rotatable bonds is 14. The van der Waals surface area contributed by atoms with Gasteiger partial charge in [0.05, 0.1) is 30.1 Å². The summed E-state index contributed by atoms with van der Waals surface area (Å²) in [4.78, 5) is 53.0. The number of ether oxygens (including phenoxy) is 3. The zero-order chi connectivity index (χ0) is 46.7. The number of esters is 1. The normalized spacial score (nSPS) is 17.9. The van der Waals surface area contributed by atoms with Crippen LogP contribution in [0.3, 0.4) is 0 Å². The van der Waals surface area contributed by atoms with Gasteiger partial charge < -0.3 is 29.7 Å². The van der Waals surface area contributed by atoms with Crippen molar-refractivity contribution in [2.75, 3.05) is 19.0 Å². The van der Waals surface area contributed by atoms with Crippen LogP contribution in [-0.4, -0.2) is 67.5 Å². The number of nitrogens with zero attached hydrogens (tertiary/aromatic N) is 4. The van der Waals surface area contributed by atoms with Gasteiger partial charge in [-0.2, -0.15) is 14.4 Å². The molecule has 0 radical (unpaired) electrons. The standard InChI is InChI=1S/C53H40FN5O8/c1-3-52(41-26-16-15-25-40(41)48(62)63)43(38-23-13-14-24-39(38)47(60)61)42(31-66-49(64)33-17-7-4-8-18-33)67-50(52)59-32-55-44-45(56-51(54)57-46(44)59)58-53(34-19-9-5-10-20-34,35-21-11-6-12-22-35)36-27-29-37(65-2)30-28-36/h1,4-30,32,42-43,50H,31H2,2H3,(H,60,61)(H,62,63)(H,56,57,58)/t42-,43-,50+,52+/m0/s1. The highest BCUT2D eigenvalue weighted by Gasteiger charge is 2.60. The van der Waals surface area contributed by atoms with Crippen LogP contribution in [0.5, 0.6) is 5.75 Å². The molecule has 1 aliphatic heterocycles. The topological polar surface area (TPSA) is 175 Å². The zero-order valence-corrected chi connectivity index (χ0v) is 35.7. The lowest BCUT2D eigenvalue weighted by molar-refractivity contribution is -0.0403. The van der Waals surface area contributed by atoms with Gasteiger partial charge in [0.15, 0.2) is 23.2 Å². The van der Waals surface area contributed by atoms with Crippen molar-refractivity contribution in [3.8, 4) is 18.1 Å². The average Bonchev–Trinajstić information content (AvgIpc) is 3.94. The first-order chi connectivity index (χ1) is 32.6. The Kier molecular flexibility index (Phi) is 11.8. The summed E-state index contributed by atoms with van der Waals surface area (Å²) < 4.78 is 36.1. The molecule has 1 fully saturated rings. The number of carboxylic acids is 2. The molecule has 332 valence electrons. The fraction of sp³-hybridized carbons (Fsp3) is 0.132. The number of benzene rings is 6. The van der Waals surface area contributed by atoms with Gasteiger partial charge in [0.25, 0.3) is 0 Å². The van der Waals surface area contributed by atoms with Gasteiger partial charge in [-0.05, 0) is 64.2 Å². The molecule has 6 aromatic carbocycles. The molecule has 14 heteroatoms. The molecule has 2 aromatic heterocycles. The second-order valence-electron chi connectivity index (χ2n) is 15.7. The van der Waals surface area contributed by atoms with Gasteiger partial charge in [-0.3, -0.25) is 4.57 Å². The molecule has 9 rings (SSSR count). The van der Waals surface area contributed by atoms with Crippen LogP contribution < -0.4 is 10.1 Å². The van der Waals surface area contributed by atoms with E-state index in [0.717, 1.165) is 16.7 Å². The maximum absolute atomic E-state index is 16.4. The molecule has 1 aliphatic rings. The number of anilines is 1.